The maximum atomic E-state index is 12.8. The van der Waals surface area contributed by atoms with Gasteiger partial charge in [0, 0.05) is 32.4 Å². The van der Waals surface area contributed by atoms with E-state index in [0.717, 1.165) is 11.4 Å². The summed E-state index contributed by atoms with van der Waals surface area (Å²) >= 11 is 11.8. The third-order valence-electron chi connectivity index (χ3n) is 4.05. The van der Waals surface area contributed by atoms with Gasteiger partial charge in [0.1, 0.15) is 5.82 Å². The zero-order valence-corrected chi connectivity index (χ0v) is 15.4. The smallest absolute Gasteiger partial charge is 0.243 e. The molecule has 128 valence electrons. The van der Waals surface area contributed by atoms with Gasteiger partial charge in [-0.2, -0.15) is 4.31 Å². The van der Waals surface area contributed by atoms with Crippen molar-refractivity contribution in [1.29, 1.82) is 0 Å². The van der Waals surface area contributed by atoms with Gasteiger partial charge in [-0.3, -0.25) is 0 Å². The molecule has 2 aromatic rings. The zero-order chi connectivity index (χ0) is 17.3. The summed E-state index contributed by atoms with van der Waals surface area (Å²) in [5.41, 5.74) is 1.08. The van der Waals surface area contributed by atoms with Crippen molar-refractivity contribution in [3.05, 3.63) is 52.1 Å². The lowest BCUT2D eigenvalue weighted by Gasteiger charge is -2.35. The van der Waals surface area contributed by atoms with Crippen molar-refractivity contribution in [2.24, 2.45) is 0 Å². The predicted molar refractivity (Wildman–Crippen MR) is 96.4 cm³/mol. The number of anilines is 1. The Bertz CT molecular complexity index is 850. The van der Waals surface area contributed by atoms with Crippen LogP contribution in [0.4, 0.5) is 5.82 Å². The summed E-state index contributed by atoms with van der Waals surface area (Å²) < 4.78 is 27.0. The number of pyridine rings is 1. The Morgan fingerprint density at radius 2 is 1.75 bits per heavy atom. The van der Waals surface area contributed by atoms with E-state index < -0.39 is 10.0 Å². The topological polar surface area (TPSA) is 53.5 Å². The molecule has 0 bridgehead atoms. The van der Waals surface area contributed by atoms with Gasteiger partial charge < -0.3 is 4.90 Å². The number of aryl methyl sites for hydroxylation is 1. The molecule has 1 aromatic heterocycles. The molecular weight excluding hydrogens is 369 g/mol. The van der Waals surface area contributed by atoms with Gasteiger partial charge in [-0.25, -0.2) is 13.4 Å². The first-order valence-electron chi connectivity index (χ1n) is 7.51. The van der Waals surface area contributed by atoms with Gasteiger partial charge in [-0.1, -0.05) is 29.3 Å². The Morgan fingerprint density at radius 3 is 2.38 bits per heavy atom. The highest BCUT2D eigenvalue weighted by molar-refractivity contribution is 7.89. The molecule has 1 aliphatic heterocycles. The molecule has 24 heavy (non-hydrogen) atoms. The molecule has 1 aliphatic rings. The van der Waals surface area contributed by atoms with Crippen LogP contribution < -0.4 is 4.90 Å². The van der Waals surface area contributed by atoms with Crippen LogP contribution in [0.3, 0.4) is 0 Å². The summed E-state index contributed by atoms with van der Waals surface area (Å²) in [6.45, 7) is 4.00. The van der Waals surface area contributed by atoms with Crippen LogP contribution in [0.5, 0.6) is 0 Å². The fraction of sp³-hybridized carbons (Fsp3) is 0.312. The molecule has 0 radical (unpaired) electrons. The van der Waals surface area contributed by atoms with Gasteiger partial charge in [0.05, 0.1) is 14.9 Å². The van der Waals surface area contributed by atoms with Crippen LogP contribution in [0.2, 0.25) is 10.0 Å². The van der Waals surface area contributed by atoms with Gasteiger partial charge in [0.25, 0.3) is 0 Å². The van der Waals surface area contributed by atoms with Crippen LogP contribution in [-0.2, 0) is 10.0 Å². The maximum Gasteiger partial charge on any atom is 0.243 e. The standard InChI is InChI=1S/C16H17Cl2N3O2S/c1-12-3-2-6-19-16(12)20-7-9-21(10-8-20)24(22,23)13-4-5-14(17)15(18)11-13/h2-6,11H,7-10H2,1H3. The highest BCUT2D eigenvalue weighted by Gasteiger charge is 2.29. The fourth-order valence-corrected chi connectivity index (χ4v) is 4.55. The van der Waals surface area contributed by atoms with E-state index in [0.29, 0.717) is 31.2 Å². The molecule has 0 aliphatic carbocycles. The van der Waals surface area contributed by atoms with Crippen LogP contribution in [0.25, 0.3) is 0 Å². The van der Waals surface area contributed by atoms with E-state index in [-0.39, 0.29) is 9.92 Å². The molecular formula is C16H17Cl2N3O2S. The van der Waals surface area contributed by atoms with E-state index in [2.05, 4.69) is 9.88 Å². The van der Waals surface area contributed by atoms with Gasteiger partial charge >= 0.3 is 0 Å². The van der Waals surface area contributed by atoms with Crippen LogP contribution in [0.15, 0.2) is 41.4 Å². The Labute approximate surface area is 151 Å². The van der Waals surface area contributed by atoms with E-state index in [9.17, 15) is 8.42 Å². The maximum absolute atomic E-state index is 12.8. The second-order valence-electron chi connectivity index (χ2n) is 5.61. The van der Waals surface area contributed by atoms with Crippen LogP contribution in [0.1, 0.15) is 5.56 Å². The lowest BCUT2D eigenvalue weighted by atomic mass is 10.2. The molecule has 1 fully saturated rings. The van der Waals surface area contributed by atoms with E-state index in [1.807, 2.05) is 19.1 Å². The van der Waals surface area contributed by atoms with Crippen molar-refractivity contribution >= 4 is 39.0 Å². The average Bonchev–Trinajstić information content (AvgIpc) is 2.58. The normalized spacial score (nSPS) is 16.4. The zero-order valence-electron chi connectivity index (χ0n) is 13.1. The molecule has 2 heterocycles. The first-order valence-corrected chi connectivity index (χ1v) is 9.71. The van der Waals surface area contributed by atoms with E-state index >= 15 is 0 Å². The first kappa shape index (κ1) is 17.5. The highest BCUT2D eigenvalue weighted by atomic mass is 35.5. The number of aromatic nitrogens is 1. The molecule has 0 saturated carbocycles. The summed E-state index contributed by atoms with van der Waals surface area (Å²) in [5.74, 6) is 0.907. The number of hydrogen-bond acceptors (Lipinski definition) is 4. The van der Waals surface area contributed by atoms with E-state index in [4.69, 9.17) is 23.2 Å². The molecule has 0 amide bonds. The fourth-order valence-electron chi connectivity index (χ4n) is 2.74. The number of nitrogens with zero attached hydrogens (tertiary/aromatic N) is 3. The molecule has 8 heteroatoms. The summed E-state index contributed by atoms with van der Waals surface area (Å²) in [7, 11) is -3.57. The third kappa shape index (κ3) is 3.37. The predicted octanol–water partition coefficient (Wildman–Crippen LogP) is 3.21. The Balaban J connectivity index is 1.76. The second kappa shape index (κ2) is 6.88. The molecule has 1 aromatic carbocycles. The summed E-state index contributed by atoms with van der Waals surface area (Å²) in [5, 5.41) is 0.576. The number of benzene rings is 1. The van der Waals surface area contributed by atoms with Crippen LogP contribution in [0, 0.1) is 6.92 Å². The number of piperazine rings is 1. The lowest BCUT2D eigenvalue weighted by Crippen LogP contribution is -2.49. The largest absolute Gasteiger partial charge is 0.354 e. The molecule has 0 atom stereocenters. The van der Waals surface area contributed by atoms with E-state index in [1.54, 1.807) is 6.20 Å². The molecule has 0 N–H and O–H groups in total. The van der Waals surface area contributed by atoms with Gasteiger partial charge in [0.15, 0.2) is 0 Å². The number of hydrogen-bond donors (Lipinski definition) is 0. The average molecular weight is 386 g/mol. The Morgan fingerprint density at radius 1 is 1.04 bits per heavy atom. The SMILES string of the molecule is Cc1cccnc1N1CCN(S(=O)(=O)c2ccc(Cl)c(Cl)c2)CC1. The van der Waals surface area contributed by atoms with Crippen molar-refractivity contribution in [2.75, 3.05) is 31.1 Å². The molecule has 5 nitrogen and oxygen atoms in total. The molecule has 3 rings (SSSR count). The van der Waals surface area contributed by atoms with Crippen LogP contribution >= 0.6 is 23.2 Å². The Kier molecular flexibility index (Phi) is 5.01. The third-order valence-corrected chi connectivity index (χ3v) is 6.68. The van der Waals surface area contributed by atoms with E-state index in [1.165, 1.54) is 22.5 Å². The monoisotopic (exact) mass is 385 g/mol. The van der Waals surface area contributed by atoms with Gasteiger partial charge in [0.2, 0.25) is 10.0 Å². The quantitative estimate of drug-likeness (QED) is 0.813. The molecule has 1 saturated heterocycles. The van der Waals surface area contributed by atoms with Gasteiger partial charge in [-0.05, 0) is 36.8 Å². The number of halogens is 2. The van der Waals surface area contributed by atoms with Crippen molar-refractivity contribution in [1.82, 2.24) is 9.29 Å². The first-order chi connectivity index (χ1) is 11.4. The van der Waals surface area contributed by atoms with Gasteiger partial charge in [-0.15, -0.1) is 0 Å². The molecule has 0 unspecified atom stereocenters. The van der Waals surface area contributed by atoms with Crippen molar-refractivity contribution in [3.63, 3.8) is 0 Å². The minimum absolute atomic E-state index is 0.166. The van der Waals surface area contributed by atoms with Crippen LogP contribution in [-0.4, -0.2) is 43.9 Å². The summed E-state index contributed by atoms with van der Waals surface area (Å²) in [4.78, 5) is 6.67. The minimum atomic E-state index is -3.57. The molecule has 0 spiro atoms. The highest BCUT2D eigenvalue weighted by Crippen LogP contribution is 2.27. The summed E-state index contributed by atoms with van der Waals surface area (Å²) in [6, 6.07) is 8.28. The second-order valence-corrected chi connectivity index (χ2v) is 8.36. The summed E-state index contributed by atoms with van der Waals surface area (Å²) in [6.07, 6.45) is 1.75. The lowest BCUT2D eigenvalue weighted by molar-refractivity contribution is 0.383. The number of rotatable bonds is 3. The van der Waals surface area contributed by atoms with Crippen molar-refractivity contribution < 1.29 is 8.42 Å². The van der Waals surface area contributed by atoms with Crippen molar-refractivity contribution in [2.45, 2.75) is 11.8 Å². The van der Waals surface area contributed by atoms with Crippen molar-refractivity contribution in [3.8, 4) is 0 Å². The Hall–Kier alpha value is -1.34. The minimum Gasteiger partial charge on any atom is -0.354 e. The number of sulfonamides is 1.